The molecule has 43 heavy (non-hydrogen) atoms. The summed E-state index contributed by atoms with van der Waals surface area (Å²) in [5.74, 6) is 1.64. The zero-order chi connectivity index (χ0) is 30.3. The maximum atomic E-state index is 14.6. The minimum absolute atomic E-state index is 0.0180. The maximum absolute atomic E-state index is 14.6. The van der Waals surface area contributed by atoms with Crippen LogP contribution in [0.25, 0.3) is 11.4 Å². The molecule has 0 saturated heterocycles. The molecule has 6 saturated carbocycles. The van der Waals surface area contributed by atoms with Gasteiger partial charge in [0.2, 0.25) is 11.8 Å². The standard InChI is InChI=1S/C32H36F3N5O3/c1-28(2,3)25-38-24(39-43-25)30-10-7-29(8-11-30,9-12-30)19-40(26(41)31-16-32(35,17-31)18-31)21-6-4-5-20(13-21)23-36-14-22(15-37-23)42-27(33)34/h4-6,13-15,27H,7-12,16-19H2,1-3H3. The normalized spacial score (nSPS) is 31.0. The van der Waals surface area contributed by atoms with Crippen LogP contribution in [0.3, 0.4) is 0 Å². The first-order chi connectivity index (χ1) is 20.3. The minimum Gasteiger partial charge on any atom is -0.432 e. The van der Waals surface area contributed by atoms with Crippen LogP contribution in [0.4, 0.5) is 18.9 Å². The molecule has 0 N–H and O–H groups in total. The van der Waals surface area contributed by atoms with Crippen molar-refractivity contribution in [2.45, 2.75) is 102 Å². The number of anilines is 1. The largest absolute Gasteiger partial charge is 0.432 e. The number of hydrogen-bond acceptors (Lipinski definition) is 7. The number of fused-ring (bicyclic) bond motifs is 3. The SMILES string of the molecule is CC(C)(C)c1nc(C23CCC(CN(C(=O)C45CC(F)(C4)C5)c4cccc(-c5ncc(OC(F)F)cn5)c4)(CC2)CC3)no1. The molecule has 0 aliphatic heterocycles. The zero-order valence-corrected chi connectivity index (χ0v) is 24.7. The van der Waals surface area contributed by atoms with Crippen LogP contribution in [0.5, 0.6) is 5.75 Å². The predicted octanol–water partition coefficient (Wildman–Crippen LogP) is 6.94. The minimum atomic E-state index is -2.96. The first-order valence-electron chi connectivity index (χ1n) is 15.0. The van der Waals surface area contributed by atoms with Crippen LogP contribution in [-0.4, -0.2) is 44.8 Å². The van der Waals surface area contributed by atoms with Gasteiger partial charge in [-0.25, -0.2) is 14.4 Å². The third-order valence-electron chi connectivity index (χ3n) is 10.4. The van der Waals surface area contributed by atoms with Gasteiger partial charge in [-0.1, -0.05) is 38.1 Å². The van der Waals surface area contributed by atoms with Crippen molar-refractivity contribution in [3.63, 3.8) is 0 Å². The fraction of sp³-hybridized carbons (Fsp3) is 0.594. The average Bonchev–Trinajstić information content (AvgIpc) is 3.47. The molecule has 228 valence electrons. The van der Waals surface area contributed by atoms with Gasteiger partial charge in [0.1, 0.15) is 5.67 Å². The number of rotatable bonds is 8. The van der Waals surface area contributed by atoms with Crippen LogP contribution in [0.1, 0.15) is 90.3 Å². The van der Waals surface area contributed by atoms with Crippen LogP contribution in [0.15, 0.2) is 41.2 Å². The lowest BCUT2D eigenvalue weighted by molar-refractivity contribution is -0.211. The number of benzene rings is 1. The Balaban J connectivity index is 1.14. The zero-order valence-electron chi connectivity index (χ0n) is 24.7. The van der Waals surface area contributed by atoms with Crippen molar-refractivity contribution in [1.82, 2.24) is 20.1 Å². The van der Waals surface area contributed by atoms with Crippen LogP contribution >= 0.6 is 0 Å². The van der Waals surface area contributed by atoms with Gasteiger partial charge in [0.15, 0.2) is 17.4 Å². The summed E-state index contributed by atoms with van der Waals surface area (Å²) in [7, 11) is 0. The molecule has 3 aromatic rings. The van der Waals surface area contributed by atoms with E-state index in [1.54, 1.807) is 0 Å². The van der Waals surface area contributed by atoms with E-state index in [1.165, 1.54) is 12.4 Å². The molecular weight excluding hydrogens is 559 g/mol. The highest BCUT2D eigenvalue weighted by molar-refractivity contribution is 6.00. The molecule has 0 unspecified atom stereocenters. The fourth-order valence-corrected chi connectivity index (χ4v) is 7.81. The van der Waals surface area contributed by atoms with Gasteiger partial charge < -0.3 is 14.2 Å². The van der Waals surface area contributed by atoms with Crippen molar-refractivity contribution in [3.8, 4) is 17.1 Å². The molecule has 0 spiro atoms. The van der Waals surface area contributed by atoms with Gasteiger partial charge in [-0.15, -0.1) is 0 Å². The molecule has 11 heteroatoms. The molecule has 0 radical (unpaired) electrons. The van der Waals surface area contributed by atoms with Gasteiger partial charge >= 0.3 is 6.61 Å². The first-order valence-corrected chi connectivity index (χ1v) is 15.0. The molecule has 6 aliphatic carbocycles. The highest BCUT2D eigenvalue weighted by atomic mass is 19.3. The van der Waals surface area contributed by atoms with Gasteiger partial charge in [-0.05, 0) is 75.3 Å². The van der Waals surface area contributed by atoms with Gasteiger partial charge in [-0.3, -0.25) is 4.79 Å². The van der Waals surface area contributed by atoms with Crippen molar-refractivity contribution < 1.29 is 27.2 Å². The number of halogens is 3. The van der Waals surface area contributed by atoms with Crippen molar-refractivity contribution in [2.24, 2.45) is 10.8 Å². The molecule has 1 amide bonds. The van der Waals surface area contributed by atoms with E-state index < -0.39 is 17.7 Å². The van der Waals surface area contributed by atoms with E-state index in [2.05, 4.69) is 40.6 Å². The van der Waals surface area contributed by atoms with Gasteiger partial charge in [0.25, 0.3) is 0 Å². The second-order valence-electron chi connectivity index (χ2n) is 14.5. The number of alkyl halides is 3. The number of amides is 1. The van der Waals surface area contributed by atoms with Crippen molar-refractivity contribution in [1.29, 1.82) is 0 Å². The molecule has 4 bridgehead atoms. The maximum Gasteiger partial charge on any atom is 0.387 e. The third-order valence-corrected chi connectivity index (χ3v) is 10.4. The second-order valence-corrected chi connectivity index (χ2v) is 14.5. The van der Waals surface area contributed by atoms with Crippen LogP contribution in [0.2, 0.25) is 0 Å². The van der Waals surface area contributed by atoms with E-state index in [1.807, 2.05) is 29.2 Å². The smallest absolute Gasteiger partial charge is 0.387 e. The Morgan fingerprint density at radius 1 is 1.05 bits per heavy atom. The van der Waals surface area contributed by atoms with E-state index in [9.17, 15) is 18.0 Å². The van der Waals surface area contributed by atoms with Crippen molar-refractivity contribution in [2.75, 3.05) is 11.4 Å². The van der Waals surface area contributed by atoms with Gasteiger partial charge in [0.05, 0.1) is 17.8 Å². The van der Waals surface area contributed by atoms with E-state index in [0.717, 1.165) is 44.3 Å². The Labute approximate surface area is 248 Å². The van der Waals surface area contributed by atoms with Crippen molar-refractivity contribution >= 4 is 11.6 Å². The summed E-state index contributed by atoms with van der Waals surface area (Å²) in [5.41, 5.74) is -0.843. The monoisotopic (exact) mass is 595 g/mol. The van der Waals surface area contributed by atoms with Crippen LogP contribution < -0.4 is 9.64 Å². The summed E-state index contributed by atoms with van der Waals surface area (Å²) < 4.78 is 49.7. The quantitative estimate of drug-likeness (QED) is 0.278. The number of nitrogens with zero attached hydrogens (tertiary/aromatic N) is 5. The number of hydrogen-bond donors (Lipinski definition) is 0. The third kappa shape index (κ3) is 4.79. The average molecular weight is 596 g/mol. The summed E-state index contributed by atoms with van der Waals surface area (Å²) in [4.78, 5) is 29.3. The Hall–Kier alpha value is -3.50. The Bertz CT molecular complexity index is 1510. The Morgan fingerprint density at radius 3 is 2.26 bits per heavy atom. The highest BCUT2D eigenvalue weighted by Crippen LogP contribution is 2.70. The molecular formula is C32H36F3N5O3. The van der Waals surface area contributed by atoms with E-state index in [4.69, 9.17) is 9.51 Å². The molecule has 6 aliphatic rings. The number of carbonyl (C=O) groups excluding carboxylic acids is 1. The van der Waals surface area contributed by atoms with E-state index in [0.29, 0.717) is 29.5 Å². The van der Waals surface area contributed by atoms with Crippen LogP contribution in [-0.2, 0) is 15.6 Å². The molecule has 2 heterocycles. The van der Waals surface area contributed by atoms with Crippen LogP contribution in [0, 0.1) is 10.8 Å². The topological polar surface area (TPSA) is 94.2 Å². The van der Waals surface area contributed by atoms with Crippen molar-refractivity contribution in [3.05, 3.63) is 48.4 Å². The molecule has 0 atom stereocenters. The molecule has 9 rings (SSSR count). The fourth-order valence-electron chi connectivity index (χ4n) is 7.81. The summed E-state index contributed by atoms with van der Waals surface area (Å²) in [6.07, 6.45) is 8.86. The summed E-state index contributed by atoms with van der Waals surface area (Å²) in [5, 5.41) is 4.41. The predicted molar refractivity (Wildman–Crippen MR) is 151 cm³/mol. The van der Waals surface area contributed by atoms with Gasteiger partial charge in [-0.2, -0.15) is 13.8 Å². The lowest BCUT2D eigenvalue weighted by atomic mass is 9.41. The van der Waals surface area contributed by atoms with E-state index >= 15 is 0 Å². The number of carbonyl (C=O) groups is 1. The molecule has 1 aromatic carbocycles. The Morgan fingerprint density at radius 2 is 1.70 bits per heavy atom. The molecule has 8 nitrogen and oxygen atoms in total. The highest BCUT2D eigenvalue weighted by Gasteiger charge is 2.73. The lowest BCUT2D eigenvalue weighted by Crippen LogP contribution is -2.71. The lowest BCUT2D eigenvalue weighted by Gasteiger charge is -2.65. The summed E-state index contributed by atoms with van der Waals surface area (Å²) in [6, 6.07) is 7.41. The summed E-state index contributed by atoms with van der Waals surface area (Å²) in [6.45, 7) is 3.78. The number of ether oxygens (including phenoxy) is 1. The molecule has 2 aromatic heterocycles. The van der Waals surface area contributed by atoms with Gasteiger partial charge in [0, 0.05) is 28.6 Å². The summed E-state index contributed by atoms with van der Waals surface area (Å²) >= 11 is 0. The van der Waals surface area contributed by atoms with E-state index in [-0.39, 0.29) is 47.2 Å². The first kappa shape index (κ1) is 28.3. The molecule has 6 fully saturated rings. The number of aromatic nitrogens is 4. The second kappa shape index (κ2) is 9.50. The Kier molecular flexibility index (Phi) is 6.25.